The van der Waals surface area contributed by atoms with E-state index in [1.165, 1.54) is 4.90 Å². The molecular formula is C14H15ClINO2. The molecule has 0 aliphatic heterocycles. The van der Waals surface area contributed by atoms with Crippen LogP contribution < -0.4 is 4.90 Å². The van der Waals surface area contributed by atoms with Gasteiger partial charge in [-0.05, 0) is 61.6 Å². The average molecular weight is 392 g/mol. The number of benzene rings is 1. The van der Waals surface area contributed by atoms with E-state index in [1.807, 2.05) is 20.8 Å². The lowest BCUT2D eigenvalue weighted by molar-refractivity contribution is 0.0585. The molecule has 1 aromatic rings. The molecule has 1 amide bonds. The van der Waals surface area contributed by atoms with Crippen molar-refractivity contribution >= 4 is 46.0 Å². The molecule has 0 atom stereocenters. The highest BCUT2D eigenvalue weighted by molar-refractivity contribution is 14.1. The molecule has 0 N–H and O–H groups in total. The number of amides is 1. The average Bonchev–Trinajstić information content (AvgIpc) is 2.24. The van der Waals surface area contributed by atoms with Crippen molar-refractivity contribution in [1.82, 2.24) is 0 Å². The maximum atomic E-state index is 12.2. The number of hydrogen-bond donors (Lipinski definition) is 0. The normalized spacial score (nSPS) is 10.7. The van der Waals surface area contributed by atoms with Gasteiger partial charge < -0.3 is 4.74 Å². The van der Waals surface area contributed by atoms with Crippen LogP contribution in [0.2, 0.25) is 5.02 Å². The van der Waals surface area contributed by atoms with Gasteiger partial charge in [-0.1, -0.05) is 17.5 Å². The molecule has 1 aromatic carbocycles. The Balaban J connectivity index is 3.07. The quantitative estimate of drug-likeness (QED) is 0.555. The predicted octanol–water partition coefficient (Wildman–Crippen LogP) is 4.32. The maximum Gasteiger partial charge on any atom is 0.415 e. The molecule has 0 bridgehead atoms. The molecule has 3 nitrogen and oxygen atoms in total. The number of rotatable bonds is 2. The van der Waals surface area contributed by atoms with Crippen molar-refractivity contribution in [1.29, 1.82) is 0 Å². The van der Waals surface area contributed by atoms with Gasteiger partial charge in [0.25, 0.3) is 0 Å². The number of carbonyl (C=O) groups is 1. The second kappa shape index (κ2) is 6.49. The summed E-state index contributed by atoms with van der Waals surface area (Å²) in [6.07, 6.45) is 4.85. The van der Waals surface area contributed by atoms with Crippen LogP contribution in [0.1, 0.15) is 20.8 Å². The second-order valence-corrected chi connectivity index (χ2v) is 6.46. The molecule has 5 heteroatoms. The highest BCUT2D eigenvalue weighted by atomic mass is 127. The molecule has 0 aliphatic rings. The minimum atomic E-state index is -0.568. The number of halogens is 2. The van der Waals surface area contributed by atoms with E-state index in [9.17, 15) is 4.79 Å². The van der Waals surface area contributed by atoms with Gasteiger partial charge in [-0.25, -0.2) is 4.79 Å². The smallest absolute Gasteiger partial charge is 0.415 e. The summed E-state index contributed by atoms with van der Waals surface area (Å²) in [6.45, 7) is 5.58. The zero-order valence-electron chi connectivity index (χ0n) is 11.0. The number of hydrogen-bond acceptors (Lipinski definition) is 2. The fraction of sp³-hybridized carbons (Fsp3) is 0.357. The van der Waals surface area contributed by atoms with Crippen LogP contribution in [-0.4, -0.2) is 18.2 Å². The largest absolute Gasteiger partial charge is 0.443 e. The third-order valence-corrected chi connectivity index (χ3v) is 3.16. The minimum absolute atomic E-state index is 0.145. The van der Waals surface area contributed by atoms with Crippen molar-refractivity contribution in [3.8, 4) is 12.3 Å². The summed E-state index contributed by atoms with van der Waals surface area (Å²) in [6, 6.07) is 5.24. The molecule has 0 saturated heterocycles. The van der Waals surface area contributed by atoms with Crippen molar-refractivity contribution in [2.45, 2.75) is 26.4 Å². The van der Waals surface area contributed by atoms with Crippen LogP contribution in [0.3, 0.4) is 0 Å². The first-order valence-corrected chi connectivity index (χ1v) is 7.09. The Labute approximate surface area is 132 Å². The van der Waals surface area contributed by atoms with Gasteiger partial charge >= 0.3 is 6.09 Å². The first-order chi connectivity index (χ1) is 8.74. The zero-order valence-corrected chi connectivity index (χ0v) is 13.9. The lowest BCUT2D eigenvalue weighted by atomic mass is 10.2. The summed E-state index contributed by atoms with van der Waals surface area (Å²) in [7, 11) is 0. The SMILES string of the molecule is C#CCN(C(=O)OC(C)(C)C)c1ccc(Cl)cc1I. The van der Waals surface area contributed by atoms with E-state index in [-0.39, 0.29) is 6.54 Å². The van der Waals surface area contributed by atoms with E-state index < -0.39 is 11.7 Å². The molecule has 0 spiro atoms. The van der Waals surface area contributed by atoms with E-state index >= 15 is 0 Å². The third kappa shape index (κ3) is 4.92. The van der Waals surface area contributed by atoms with Crippen LogP contribution in [0.15, 0.2) is 18.2 Å². The molecule has 0 saturated carbocycles. The molecular weight excluding hydrogens is 377 g/mol. The first-order valence-electron chi connectivity index (χ1n) is 5.63. The first kappa shape index (κ1) is 16.1. The van der Waals surface area contributed by atoms with Crippen molar-refractivity contribution < 1.29 is 9.53 Å². The van der Waals surface area contributed by atoms with Gasteiger partial charge in [0.15, 0.2) is 0 Å². The summed E-state index contributed by atoms with van der Waals surface area (Å²) in [5.41, 5.74) is 0.124. The lowest BCUT2D eigenvalue weighted by Crippen LogP contribution is -2.37. The fourth-order valence-corrected chi connectivity index (χ4v) is 2.52. The zero-order chi connectivity index (χ0) is 14.6. The molecule has 0 aromatic heterocycles. The minimum Gasteiger partial charge on any atom is -0.443 e. The second-order valence-electron chi connectivity index (χ2n) is 4.87. The summed E-state index contributed by atoms with van der Waals surface area (Å²) < 4.78 is 6.19. The number of carbonyl (C=O) groups excluding carboxylic acids is 1. The van der Waals surface area contributed by atoms with E-state index in [1.54, 1.807) is 18.2 Å². The van der Waals surface area contributed by atoms with Crippen molar-refractivity contribution in [3.05, 3.63) is 26.8 Å². The fourth-order valence-electron chi connectivity index (χ4n) is 1.36. The lowest BCUT2D eigenvalue weighted by Gasteiger charge is -2.26. The van der Waals surface area contributed by atoms with Crippen LogP contribution in [0.4, 0.5) is 10.5 Å². The van der Waals surface area contributed by atoms with Crippen molar-refractivity contribution in [3.63, 3.8) is 0 Å². The van der Waals surface area contributed by atoms with Gasteiger partial charge in [-0.3, -0.25) is 4.90 Å². The highest BCUT2D eigenvalue weighted by Gasteiger charge is 2.24. The van der Waals surface area contributed by atoms with Crippen LogP contribution >= 0.6 is 34.2 Å². The van der Waals surface area contributed by atoms with Crippen LogP contribution in [-0.2, 0) is 4.74 Å². The van der Waals surface area contributed by atoms with Crippen LogP contribution in [0.5, 0.6) is 0 Å². The molecule has 0 fully saturated rings. The summed E-state index contributed by atoms with van der Waals surface area (Å²) in [5.74, 6) is 2.46. The van der Waals surface area contributed by atoms with Crippen molar-refractivity contribution in [2.75, 3.05) is 11.4 Å². The van der Waals surface area contributed by atoms with E-state index in [0.29, 0.717) is 10.7 Å². The monoisotopic (exact) mass is 391 g/mol. The van der Waals surface area contributed by atoms with Gasteiger partial charge in [0.1, 0.15) is 5.60 Å². The van der Waals surface area contributed by atoms with Crippen LogP contribution in [0, 0.1) is 15.9 Å². The van der Waals surface area contributed by atoms with Gasteiger partial charge in [0.2, 0.25) is 0 Å². The molecule has 102 valence electrons. The highest BCUT2D eigenvalue weighted by Crippen LogP contribution is 2.27. The molecule has 0 unspecified atom stereocenters. The standard InChI is InChI=1S/C14H15ClINO2/c1-5-8-17(13(18)19-14(2,3)4)12-7-6-10(15)9-11(12)16/h1,6-7,9H,8H2,2-4H3. The Kier molecular flexibility index (Phi) is 5.50. The third-order valence-electron chi connectivity index (χ3n) is 2.06. The Morgan fingerprint density at radius 2 is 2.16 bits per heavy atom. The summed E-state index contributed by atoms with van der Waals surface area (Å²) in [4.78, 5) is 13.6. The topological polar surface area (TPSA) is 29.5 Å². The van der Waals surface area contributed by atoms with Crippen molar-refractivity contribution in [2.24, 2.45) is 0 Å². The summed E-state index contributed by atoms with van der Waals surface area (Å²) in [5, 5.41) is 0.609. The molecule has 0 aliphatic carbocycles. The molecule has 0 heterocycles. The number of nitrogens with zero attached hydrogens (tertiary/aromatic N) is 1. The van der Waals surface area contributed by atoms with E-state index in [0.717, 1.165) is 3.57 Å². The Hall–Kier alpha value is -0.930. The molecule has 0 radical (unpaired) electrons. The Bertz CT molecular complexity index is 517. The number of ether oxygens (including phenoxy) is 1. The molecule has 1 rings (SSSR count). The number of terminal acetylenes is 1. The van der Waals surface area contributed by atoms with Gasteiger partial charge in [0.05, 0.1) is 12.2 Å². The van der Waals surface area contributed by atoms with E-state index in [2.05, 4.69) is 28.5 Å². The Morgan fingerprint density at radius 3 is 2.63 bits per heavy atom. The maximum absolute atomic E-state index is 12.2. The van der Waals surface area contributed by atoms with Gasteiger partial charge in [0, 0.05) is 8.59 Å². The van der Waals surface area contributed by atoms with Gasteiger partial charge in [-0.2, -0.15) is 0 Å². The van der Waals surface area contributed by atoms with Crippen LogP contribution in [0.25, 0.3) is 0 Å². The molecule has 19 heavy (non-hydrogen) atoms. The predicted molar refractivity (Wildman–Crippen MR) is 86.6 cm³/mol. The van der Waals surface area contributed by atoms with E-state index in [4.69, 9.17) is 22.8 Å². The van der Waals surface area contributed by atoms with Gasteiger partial charge in [-0.15, -0.1) is 6.42 Å². The number of anilines is 1. The summed E-state index contributed by atoms with van der Waals surface area (Å²) >= 11 is 8.01. The Morgan fingerprint density at radius 1 is 1.53 bits per heavy atom.